The predicted molar refractivity (Wildman–Crippen MR) is 70.5 cm³/mol. The number of aliphatic carboxylic acids is 1. The van der Waals surface area contributed by atoms with Crippen molar-refractivity contribution in [1.82, 2.24) is 10.6 Å². The summed E-state index contributed by atoms with van der Waals surface area (Å²) in [6, 6.07) is 2.45. The van der Waals surface area contributed by atoms with Crippen LogP contribution in [0.2, 0.25) is 0 Å². The molecule has 0 aromatic heterocycles. The van der Waals surface area contributed by atoms with Gasteiger partial charge in [-0.2, -0.15) is 0 Å². The maximum absolute atomic E-state index is 13.0. The highest BCUT2D eigenvalue weighted by Gasteiger charge is 2.33. The quantitative estimate of drug-likeness (QED) is 0.752. The number of halogens is 2. The summed E-state index contributed by atoms with van der Waals surface area (Å²) in [6.45, 7) is 0.0352. The molecule has 3 N–H and O–H groups in total. The lowest BCUT2D eigenvalue weighted by atomic mass is 10.1. The lowest BCUT2D eigenvalue weighted by Gasteiger charge is -2.16. The predicted octanol–water partition coefficient (Wildman–Crippen LogP) is 2.02. The van der Waals surface area contributed by atoms with Crippen molar-refractivity contribution in [2.45, 2.75) is 31.8 Å². The molecule has 5 nitrogen and oxygen atoms in total. The van der Waals surface area contributed by atoms with E-state index in [-0.39, 0.29) is 18.9 Å². The van der Waals surface area contributed by atoms with E-state index in [0.717, 1.165) is 25.0 Å². The SMILES string of the molecule is O=C(O)CC(NC(=O)NCc1ccc(F)c(F)c1)C1CC1. The van der Waals surface area contributed by atoms with Crippen molar-refractivity contribution >= 4 is 12.0 Å². The van der Waals surface area contributed by atoms with Crippen LogP contribution in [0, 0.1) is 17.6 Å². The first-order chi connectivity index (χ1) is 9.95. The molecule has 1 aromatic rings. The fourth-order valence-corrected chi connectivity index (χ4v) is 2.07. The molecule has 0 saturated heterocycles. The minimum atomic E-state index is -0.976. The molecule has 7 heteroatoms. The van der Waals surface area contributed by atoms with Gasteiger partial charge in [0.05, 0.1) is 6.42 Å². The second kappa shape index (κ2) is 6.51. The molecule has 0 bridgehead atoms. The Balaban J connectivity index is 1.83. The van der Waals surface area contributed by atoms with E-state index in [2.05, 4.69) is 10.6 Å². The fraction of sp³-hybridized carbons (Fsp3) is 0.429. The number of hydrogen-bond acceptors (Lipinski definition) is 2. The Kier molecular flexibility index (Phi) is 4.72. The molecular formula is C14H16F2N2O3. The third-order valence-electron chi connectivity index (χ3n) is 3.34. The number of carbonyl (C=O) groups excluding carboxylic acids is 1. The van der Waals surface area contributed by atoms with Crippen molar-refractivity contribution < 1.29 is 23.5 Å². The summed E-state index contributed by atoms with van der Waals surface area (Å²) in [6.07, 6.45) is 1.69. The van der Waals surface area contributed by atoms with Crippen LogP contribution >= 0.6 is 0 Å². The number of nitrogens with one attached hydrogen (secondary N) is 2. The zero-order valence-corrected chi connectivity index (χ0v) is 11.2. The van der Waals surface area contributed by atoms with Crippen LogP contribution < -0.4 is 10.6 Å². The Labute approximate surface area is 120 Å². The largest absolute Gasteiger partial charge is 0.481 e. The normalized spacial score (nSPS) is 15.3. The van der Waals surface area contributed by atoms with Gasteiger partial charge in [-0.05, 0) is 36.5 Å². The summed E-state index contributed by atoms with van der Waals surface area (Å²) >= 11 is 0. The van der Waals surface area contributed by atoms with Gasteiger partial charge in [-0.1, -0.05) is 6.07 Å². The summed E-state index contributed by atoms with van der Waals surface area (Å²) in [7, 11) is 0. The molecule has 21 heavy (non-hydrogen) atoms. The maximum Gasteiger partial charge on any atom is 0.315 e. The van der Waals surface area contributed by atoms with Crippen molar-refractivity contribution in [1.29, 1.82) is 0 Å². The van der Waals surface area contributed by atoms with E-state index in [1.165, 1.54) is 6.07 Å². The van der Waals surface area contributed by atoms with Gasteiger partial charge in [0.2, 0.25) is 0 Å². The smallest absolute Gasteiger partial charge is 0.315 e. The Hall–Kier alpha value is -2.18. The summed E-state index contributed by atoms with van der Waals surface area (Å²) in [5.74, 6) is -2.68. The molecule has 0 aliphatic heterocycles. The van der Waals surface area contributed by atoms with Crippen LogP contribution in [-0.2, 0) is 11.3 Å². The van der Waals surface area contributed by atoms with Gasteiger partial charge in [-0.15, -0.1) is 0 Å². The molecular weight excluding hydrogens is 282 g/mol. The lowest BCUT2D eigenvalue weighted by molar-refractivity contribution is -0.137. The lowest BCUT2D eigenvalue weighted by Crippen LogP contribution is -2.43. The molecule has 1 aliphatic carbocycles. The Bertz CT molecular complexity index is 547. The van der Waals surface area contributed by atoms with Crippen molar-refractivity contribution in [3.05, 3.63) is 35.4 Å². The molecule has 0 spiro atoms. The number of amides is 2. The minimum absolute atomic E-state index is 0.0352. The van der Waals surface area contributed by atoms with Crippen molar-refractivity contribution in [3.63, 3.8) is 0 Å². The Morgan fingerprint density at radius 2 is 2.00 bits per heavy atom. The summed E-state index contributed by atoms with van der Waals surface area (Å²) in [4.78, 5) is 22.4. The molecule has 1 atom stereocenters. The molecule has 1 unspecified atom stereocenters. The van der Waals surface area contributed by atoms with E-state index in [1.807, 2.05) is 0 Å². The molecule has 2 rings (SSSR count). The van der Waals surface area contributed by atoms with E-state index in [0.29, 0.717) is 5.56 Å². The van der Waals surface area contributed by atoms with Gasteiger partial charge >= 0.3 is 12.0 Å². The monoisotopic (exact) mass is 298 g/mol. The first-order valence-electron chi connectivity index (χ1n) is 6.66. The highest BCUT2D eigenvalue weighted by Crippen LogP contribution is 2.33. The van der Waals surface area contributed by atoms with Crippen LogP contribution in [-0.4, -0.2) is 23.1 Å². The van der Waals surface area contributed by atoms with Gasteiger partial charge in [0.15, 0.2) is 11.6 Å². The number of carbonyl (C=O) groups is 2. The van der Waals surface area contributed by atoms with Gasteiger partial charge in [-0.25, -0.2) is 13.6 Å². The zero-order chi connectivity index (χ0) is 15.4. The van der Waals surface area contributed by atoms with Gasteiger partial charge in [0, 0.05) is 12.6 Å². The zero-order valence-electron chi connectivity index (χ0n) is 11.2. The average molecular weight is 298 g/mol. The van der Waals surface area contributed by atoms with Gasteiger partial charge in [0.25, 0.3) is 0 Å². The van der Waals surface area contributed by atoms with Crippen LogP contribution in [0.3, 0.4) is 0 Å². The molecule has 0 radical (unpaired) electrons. The molecule has 1 aliphatic rings. The van der Waals surface area contributed by atoms with Crippen LogP contribution in [0.5, 0.6) is 0 Å². The van der Waals surface area contributed by atoms with E-state index in [4.69, 9.17) is 5.11 Å². The van der Waals surface area contributed by atoms with Gasteiger partial charge in [-0.3, -0.25) is 4.79 Å². The third kappa shape index (κ3) is 4.70. The Morgan fingerprint density at radius 1 is 1.29 bits per heavy atom. The number of carboxylic acid groups (broad SMARTS) is 1. The first-order valence-corrected chi connectivity index (χ1v) is 6.66. The van der Waals surface area contributed by atoms with Crippen LogP contribution in [0.15, 0.2) is 18.2 Å². The van der Waals surface area contributed by atoms with Crippen LogP contribution in [0.4, 0.5) is 13.6 Å². The number of benzene rings is 1. The standard InChI is InChI=1S/C14H16F2N2O3/c15-10-4-1-8(5-11(10)16)7-17-14(21)18-12(6-13(19)20)9-2-3-9/h1,4-5,9,12H,2-3,6-7H2,(H,19,20)(H2,17,18,21). The summed E-state index contributed by atoms with van der Waals surface area (Å²) in [5, 5.41) is 13.9. The molecule has 2 amide bonds. The number of hydrogen-bond donors (Lipinski definition) is 3. The number of rotatable bonds is 6. The van der Waals surface area contributed by atoms with Crippen molar-refractivity contribution in [3.8, 4) is 0 Å². The molecule has 1 fully saturated rings. The topological polar surface area (TPSA) is 78.4 Å². The van der Waals surface area contributed by atoms with E-state index < -0.39 is 29.7 Å². The highest BCUT2D eigenvalue weighted by molar-refractivity contribution is 5.75. The van der Waals surface area contributed by atoms with Gasteiger partial charge < -0.3 is 15.7 Å². The molecule has 114 valence electrons. The summed E-state index contributed by atoms with van der Waals surface area (Å²) in [5.41, 5.74) is 0.422. The van der Waals surface area contributed by atoms with Crippen molar-refractivity contribution in [2.24, 2.45) is 5.92 Å². The highest BCUT2D eigenvalue weighted by atomic mass is 19.2. The number of urea groups is 1. The van der Waals surface area contributed by atoms with E-state index in [9.17, 15) is 18.4 Å². The molecule has 1 saturated carbocycles. The summed E-state index contributed by atoms with van der Waals surface area (Å²) < 4.78 is 25.8. The van der Waals surface area contributed by atoms with E-state index >= 15 is 0 Å². The average Bonchev–Trinajstić information content (AvgIpc) is 3.23. The number of carboxylic acids is 1. The van der Waals surface area contributed by atoms with Crippen LogP contribution in [0.1, 0.15) is 24.8 Å². The minimum Gasteiger partial charge on any atom is -0.481 e. The maximum atomic E-state index is 13.0. The third-order valence-corrected chi connectivity index (χ3v) is 3.34. The second-order valence-electron chi connectivity index (χ2n) is 5.12. The van der Waals surface area contributed by atoms with E-state index in [1.54, 1.807) is 0 Å². The Morgan fingerprint density at radius 3 is 2.57 bits per heavy atom. The molecule has 0 heterocycles. The van der Waals surface area contributed by atoms with Crippen LogP contribution in [0.25, 0.3) is 0 Å². The van der Waals surface area contributed by atoms with Gasteiger partial charge in [0.1, 0.15) is 0 Å². The second-order valence-corrected chi connectivity index (χ2v) is 5.12. The fourth-order valence-electron chi connectivity index (χ4n) is 2.07. The first kappa shape index (κ1) is 15.2. The molecule has 1 aromatic carbocycles. The van der Waals surface area contributed by atoms with Crippen molar-refractivity contribution in [2.75, 3.05) is 0 Å².